The average molecular weight is 404 g/mol. The standard InChI is InChI=1S/C11H16N8O7S/c1-6(18-5-12-15-16-18)9(20)13-14-10(21)8-3-2-7-4-17(8)11(22)19(7)26-27(23,24)25/h5-8H,2-4H2,1H3,(H,13,20)(H,14,21)(H,23,24,25)/t6-,7?,8?/m1/s1. The molecule has 15 nitrogen and oxygen atoms in total. The Bertz CT molecular complexity index is 843. The fraction of sp³-hybridized carbons (Fsp3) is 0.636. The van der Waals surface area contributed by atoms with Crippen molar-refractivity contribution < 1.29 is 31.6 Å². The van der Waals surface area contributed by atoms with Crippen LogP contribution in [0.3, 0.4) is 0 Å². The zero-order chi connectivity index (χ0) is 19.8. The van der Waals surface area contributed by atoms with Gasteiger partial charge in [0, 0.05) is 6.54 Å². The van der Waals surface area contributed by atoms with Gasteiger partial charge in [-0.25, -0.2) is 9.48 Å². The largest absolute Gasteiger partial charge is 0.418 e. The Kier molecular flexibility index (Phi) is 4.94. The number of hydrazine groups is 1. The van der Waals surface area contributed by atoms with Gasteiger partial charge in [0.1, 0.15) is 18.4 Å². The molecule has 3 rings (SSSR count). The van der Waals surface area contributed by atoms with Gasteiger partial charge in [0.15, 0.2) is 0 Å². The van der Waals surface area contributed by atoms with Crippen molar-refractivity contribution in [1.29, 1.82) is 0 Å². The summed E-state index contributed by atoms with van der Waals surface area (Å²) in [6.45, 7) is 1.55. The third-order valence-corrected chi connectivity index (χ3v) is 4.60. The minimum Gasteiger partial charge on any atom is -0.309 e. The third kappa shape index (κ3) is 3.96. The number of tetrazole rings is 1. The minimum atomic E-state index is -4.87. The van der Waals surface area contributed by atoms with Crippen LogP contribution in [0, 0.1) is 0 Å². The van der Waals surface area contributed by atoms with Crippen LogP contribution in [0.1, 0.15) is 25.8 Å². The molecule has 1 aromatic rings. The van der Waals surface area contributed by atoms with E-state index in [0.717, 1.165) is 4.90 Å². The van der Waals surface area contributed by atoms with Gasteiger partial charge in [0.2, 0.25) is 0 Å². The Labute approximate surface area is 152 Å². The quantitative estimate of drug-likeness (QED) is 0.346. The van der Waals surface area contributed by atoms with Crippen LogP contribution in [0.25, 0.3) is 0 Å². The highest BCUT2D eigenvalue weighted by Crippen LogP contribution is 2.30. The molecule has 0 spiro atoms. The number of carbonyl (C=O) groups is 3. The van der Waals surface area contributed by atoms with E-state index in [9.17, 15) is 22.8 Å². The molecule has 0 aliphatic carbocycles. The molecule has 3 heterocycles. The van der Waals surface area contributed by atoms with Crippen LogP contribution in [-0.2, 0) is 24.3 Å². The van der Waals surface area contributed by atoms with E-state index in [4.69, 9.17) is 4.55 Å². The highest BCUT2D eigenvalue weighted by molar-refractivity contribution is 7.80. The van der Waals surface area contributed by atoms with Crippen molar-refractivity contribution in [3.8, 4) is 0 Å². The second-order valence-electron chi connectivity index (χ2n) is 5.95. The van der Waals surface area contributed by atoms with Gasteiger partial charge in [-0.05, 0) is 30.2 Å². The molecule has 0 aromatic carbocycles. The molecule has 1 aromatic heterocycles. The zero-order valence-corrected chi connectivity index (χ0v) is 14.7. The van der Waals surface area contributed by atoms with Crippen LogP contribution in [0.4, 0.5) is 4.79 Å². The first-order valence-electron chi connectivity index (χ1n) is 7.76. The van der Waals surface area contributed by atoms with Crippen LogP contribution in [0.15, 0.2) is 6.33 Å². The summed E-state index contributed by atoms with van der Waals surface area (Å²) in [5, 5.41) is 10.9. The SMILES string of the molecule is C[C@H](C(=O)NNC(=O)C1CCC2CN1C(=O)N2OS(=O)(=O)O)n1cnnn1. The molecule has 2 fully saturated rings. The number of hydroxylamine groups is 2. The van der Waals surface area contributed by atoms with Crippen LogP contribution in [-0.4, -0.2) is 79.6 Å². The zero-order valence-electron chi connectivity index (χ0n) is 13.9. The highest BCUT2D eigenvalue weighted by Gasteiger charge is 2.49. The van der Waals surface area contributed by atoms with Crippen LogP contribution >= 0.6 is 0 Å². The lowest BCUT2D eigenvalue weighted by Gasteiger charge is -2.29. The number of rotatable bonds is 5. The average Bonchev–Trinajstić information content (AvgIpc) is 3.22. The Balaban J connectivity index is 1.58. The van der Waals surface area contributed by atoms with E-state index in [1.54, 1.807) is 0 Å². The number of fused-ring (bicyclic) bond motifs is 2. The van der Waals surface area contributed by atoms with Crippen molar-refractivity contribution in [3.05, 3.63) is 6.33 Å². The molecule has 27 heavy (non-hydrogen) atoms. The first-order valence-corrected chi connectivity index (χ1v) is 9.13. The van der Waals surface area contributed by atoms with E-state index in [-0.39, 0.29) is 19.4 Å². The number of hydrogen-bond donors (Lipinski definition) is 3. The molecule has 2 unspecified atom stereocenters. The van der Waals surface area contributed by atoms with Gasteiger partial charge in [-0.15, -0.1) is 9.38 Å². The smallest absolute Gasteiger partial charge is 0.309 e. The second kappa shape index (κ2) is 7.05. The Morgan fingerprint density at radius 3 is 2.74 bits per heavy atom. The lowest BCUT2D eigenvalue weighted by molar-refractivity contribution is -0.133. The second-order valence-corrected chi connectivity index (χ2v) is 6.96. The summed E-state index contributed by atoms with van der Waals surface area (Å²) >= 11 is 0. The van der Waals surface area contributed by atoms with Crippen LogP contribution in [0.2, 0.25) is 0 Å². The molecular weight excluding hydrogens is 388 g/mol. The molecular formula is C11H16N8O7S. The number of nitrogens with zero attached hydrogens (tertiary/aromatic N) is 6. The third-order valence-electron chi connectivity index (χ3n) is 4.25. The molecule has 2 aliphatic heterocycles. The van der Waals surface area contributed by atoms with Crippen LogP contribution < -0.4 is 10.9 Å². The number of amides is 4. The van der Waals surface area contributed by atoms with Gasteiger partial charge < -0.3 is 4.90 Å². The topological polar surface area (TPSA) is 189 Å². The summed E-state index contributed by atoms with van der Waals surface area (Å²) in [4.78, 5) is 37.7. The molecule has 3 N–H and O–H groups in total. The summed E-state index contributed by atoms with van der Waals surface area (Å²) in [5.41, 5.74) is 4.44. The first-order chi connectivity index (χ1) is 12.7. The lowest BCUT2D eigenvalue weighted by atomic mass is 10.0. The van der Waals surface area contributed by atoms with Crippen molar-refractivity contribution in [2.75, 3.05) is 6.54 Å². The summed E-state index contributed by atoms with van der Waals surface area (Å²) in [6.07, 6.45) is 1.72. The van der Waals surface area contributed by atoms with Gasteiger partial charge in [0.05, 0.1) is 6.04 Å². The van der Waals surface area contributed by atoms with Gasteiger partial charge in [-0.1, -0.05) is 0 Å². The summed E-state index contributed by atoms with van der Waals surface area (Å²) in [5.74, 6) is -1.25. The molecule has 2 bridgehead atoms. The number of carbonyl (C=O) groups excluding carboxylic acids is 3. The fourth-order valence-electron chi connectivity index (χ4n) is 2.88. The fourth-order valence-corrected chi connectivity index (χ4v) is 3.27. The van der Waals surface area contributed by atoms with Gasteiger partial charge in [0.25, 0.3) is 11.8 Å². The molecule has 0 saturated carbocycles. The van der Waals surface area contributed by atoms with Crippen LogP contribution in [0.5, 0.6) is 0 Å². The summed E-state index contributed by atoms with van der Waals surface area (Å²) in [6, 6.07) is -3.21. The van der Waals surface area contributed by atoms with E-state index >= 15 is 0 Å². The number of urea groups is 1. The Morgan fingerprint density at radius 1 is 1.37 bits per heavy atom. The maximum Gasteiger partial charge on any atom is 0.418 e. The lowest BCUT2D eigenvalue weighted by Crippen LogP contribution is -2.54. The van der Waals surface area contributed by atoms with E-state index < -0.39 is 46.4 Å². The van der Waals surface area contributed by atoms with E-state index in [1.807, 2.05) is 0 Å². The Hall–Kier alpha value is -2.85. The number of nitrogens with one attached hydrogen (secondary N) is 2. The predicted octanol–water partition coefficient (Wildman–Crippen LogP) is -2.62. The molecule has 4 amide bonds. The molecule has 16 heteroatoms. The maximum absolute atomic E-state index is 12.3. The minimum absolute atomic E-state index is 0.0431. The first kappa shape index (κ1) is 18.9. The van der Waals surface area contributed by atoms with Gasteiger partial charge in [-0.3, -0.25) is 25.0 Å². The van der Waals surface area contributed by atoms with Crippen molar-refractivity contribution in [1.82, 2.24) is 41.0 Å². The summed E-state index contributed by atoms with van der Waals surface area (Å²) < 4.78 is 35.9. The molecule has 3 atom stereocenters. The Morgan fingerprint density at radius 2 is 2.11 bits per heavy atom. The van der Waals surface area contributed by atoms with E-state index in [2.05, 4.69) is 30.7 Å². The molecule has 148 valence electrons. The van der Waals surface area contributed by atoms with E-state index in [1.165, 1.54) is 17.9 Å². The number of piperidine rings is 1. The molecule has 2 aliphatic rings. The van der Waals surface area contributed by atoms with Crippen molar-refractivity contribution in [3.63, 3.8) is 0 Å². The predicted molar refractivity (Wildman–Crippen MR) is 82.2 cm³/mol. The van der Waals surface area contributed by atoms with Gasteiger partial charge >= 0.3 is 16.4 Å². The highest BCUT2D eigenvalue weighted by atomic mass is 32.3. The number of hydrogen-bond acceptors (Lipinski definition) is 9. The van der Waals surface area contributed by atoms with Crippen molar-refractivity contribution >= 4 is 28.2 Å². The summed E-state index contributed by atoms with van der Waals surface area (Å²) in [7, 11) is -4.87. The molecule has 2 saturated heterocycles. The van der Waals surface area contributed by atoms with E-state index in [0.29, 0.717) is 5.06 Å². The maximum atomic E-state index is 12.3. The normalized spacial score (nSPS) is 23.3. The number of aromatic nitrogens is 4. The van der Waals surface area contributed by atoms with Gasteiger partial charge in [-0.2, -0.15) is 13.5 Å². The molecule has 0 radical (unpaired) electrons. The van der Waals surface area contributed by atoms with Crippen molar-refractivity contribution in [2.24, 2.45) is 0 Å². The van der Waals surface area contributed by atoms with Crippen molar-refractivity contribution in [2.45, 2.75) is 37.9 Å². The monoisotopic (exact) mass is 404 g/mol.